The Labute approximate surface area is 264 Å². The van der Waals surface area contributed by atoms with Crippen LogP contribution in [0.5, 0.6) is 34.5 Å². The zero-order chi connectivity index (χ0) is 33.1. The fourth-order valence-corrected chi connectivity index (χ4v) is 4.64. The summed E-state index contributed by atoms with van der Waals surface area (Å²) in [5.41, 5.74) is 4.66. The van der Waals surface area contributed by atoms with E-state index >= 15 is 0 Å². The van der Waals surface area contributed by atoms with Gasteiger partial charge in [0, 0.05) is 12.2 Å². The quantitative estimate of drug-likeness (QED) is 0.152. The molecule has 240 valence electrons. The molecule has 10 nitrogen and oxygen atoms in total. The molecule has 1 atom stereocenters. The maximum atomic E-state index is 13.0. The second-order valence-electron chi connectivity index (χ2n) is 9.92. The van der Waals surface area contributed by atoms with Crippen molar-refractivity contribution in [3.63, 3.8) is 0 Å². The number of aryl methyl sites for hydroxylation is 2. The van der Waals surface area contributed by atoms with Crippen molar-refractivity contribution in [2.75, 3.05) is 49.3 Å². The molecule has 0 aliphatic carbocycles. The Bertz CT molecular complexity index is 1550. The van der Waals surface area contributed by atoms with E-state index in [4.69, 9.17) is 37.9 Å². The van der Waals surface area contributed by atoms with E-state index in [0.717, 1.165) is 22.3 Å². The minimum Gasteiger partial charge on any atom is -0.496 e. The Kier molecular flexibility index (Phi) is 12.3. The van der Waals surface area contributed by atoms with E-state index < -0.39 is 18.0 Å². The van der Waals surface area contributed by atoms with Gasteiger partial charge in [-0.3, -0.25) is 0 Å². The third-order valence-corrected chi connectivity index (χ3v) is 7.07. The van der Waals surface area contributed by atoms with Gasteiger partial charge in [-0.05, 0) is 96.6 Å². The van der Waals surface area contributed by atoms with Crippen LogP contribution in [0.15, 0.2) is 48.6 Å². The Hall–Kier alpha value is -5.12. The van der Waals surface area contributed by atoms with Crippen LogP contribution in [0.4, 0.5) is 0 Å². The number of methoxy groups -OCH3 is 6. The average Bonchev–Trinajstić information content (AvgIpc) is 3.04. The van der Waals surface area contributed by atoms with Gasteiger partial charge in [0.15, 0.2) is 29.1 Å². The molecule has 0 amide bonds. The minimum atomic E-state index is -0.920. The predicted octanol–water partition coefficient (Wildman–Crippen LogP) is 6.22. The van der Waals surface area contributed by atoms with Gasteiger partial charge < -0.3 is 37.9 Å². The van der Waals surface area contributed by atoms with Crippen LogP contribution < -0.4 is 28.4 Å². The van der Waals surface area contributed by atoms with E-state index in [1.54, 1.807) is 57.7 Å². The summed E-state index contributed by atoms with van der Waals surface area (Å²) in [6.45, 7) is 5.50. The lowest BCUT2D eigenvalue weighted by atomic mass is 10.0. The van der Waals surface area contributed by atoms with Crippen LogP contribution in [0.2, 0.25) is 0 Å². The van der Waals surface area contributed by atoms with Crippen molar-refractivity contribution in [3.05, 3.63) is 81.9 Å². The van der Waals surface area contributed by atoms with Gasteiger partial charge in [-0.2, -0.15) is 0 Å². The number of carbonyl (C=O) groups is 2. The minimum absolute atomic E-state index is 0.233. The van der Waals surface area contributed by atoms with Gasteiger partial charge in [0.05, 0.1) is 42.7 Å². The van der Waals surface area contributed by atoms with Crippen LogP contribution in [-0.4, -0.2) is 61.2 Å². The van der Waals surface area contributed by atoms with Gasteiger partial charge in [0.1, 0.15) is 12.4 Å². The van der Waals surface area contributed by atoms with Crippen LogP contribution in [0.3, 0.4) is 0 Å². The van der Waals surface area contributed by atoms with E-state index in [9.17, 15) is 9.59 Å². The second-order valence-corrected chi connectivity index (χ2v) is 9.92. The molecule has 0 saturated carbocycles. The molecular formula is C35H40O10. The second kappa shape index (κ2) is 16.1. The van der Waals surface area contributed by atoms with Gasteiger partial charge >= 0.3 is 11.9 Å². The topological polar surface area (TPSA) is 108 Å². The molecule has 0 aliphatic heterocycles. The summed E-state index contributed by atoms with van der Waals surface area (Å²) in [6.07, 6.45) is 4.82. The highest BCUT2D eigenvalue weighted by Gasteiger charge is 2.21. The molecule has 0 unspecified atom stereocenters. The smallest absolute Gasteiger partial charge is 0.331 e. The van der Waals surface area contributed by atoms with Gasteiger partial charge in [0.2, 0.25) is 5.75 Å². The first-order chi connectivity index (χ1) is 21.6. The summed E-state index contributed by atoms with van der Waals surface area (Å²) in [7, 11) is 9.19. The monoisotopic (exact) mass is 620 g/mol. The number of esters is 2. The fraction of sp³-hybridized carbons (Fsp3) is 0.314. The molecule has 0 heterocycles. The lowest BCUT2D eigenvalue weighted by Gasteiger charge is -2.20. The first-order valence-corrected chi connectivity index (χ1v) is 14.0. The summed E-state index contributed by atoms with van der Waals surface area (Å²) in [5, 5.41) is 0. The zero-order valence-corrected chi connectivity index (χ0v) is 27.1. The average molecular weight is 621 g/mol. The van der Waals surface area contributed by atoms with Gasteiger partial charge in [0.25, 0.3) is 0 Å². The lowest BCUT2D eigenvalue weighted by molar-refractivity contribution is -0.153. The van der Waals surface area contributed by atoms with E-state index in [2.05, 4.69) is 0 Å². The summed E-state index contributed by atoms with van der Waals surface area (Å²) >= 11 is 0. The van der Waals surface area contributed by atoms with Crippen LogP contribution >= 0.6 is 0 Å². The Morgan fingerprint density at radius 2 is 1.11 bits per heavy atom. The molecule has 0 saturated heterocycles. The predicted molar refractivity (Wildman–Crippen MR) is 171 cm³/mol. The third kappa shape index (κ3) is 8.72. The number of ether oxygens (including phenoxy) is 8. The molecular weight excluding hydrogens is 580 g/mol. The normalized spacial score (nSPS) is 11.7. The summed E-state index contributed by atoms with van der Waals surface area (Å²) < 4.78 is 43.8. The fourth-order valence-electron chi connectivity index (χ4n) is 4.64. The largest absolute Gasteiger partial charge is 0.496 e. The van der Waals surface area contributed by atoms with Crippen molar-refractivity contribution in [1.82, 2.24) is 0 Å². The first kappa shape index (κ1) is 34.4. The van der Waals surface area contributed by atoms with E-state index in [1.165, 1.54) is 33.5 Å². The molecule has 3 aromatic carbocycles. The van der Waals surface area contributed by atoms with Crippen LogP contribution in [0.25, 0.3) is 12.2 Å². The van der Waals surface area contributed by atoms with Crippen molar-refractivity contribution in [2.24, 2.45) is 0 Å². The lowest BCUT2D eigenvalue weighted by Crippen LogP contribution is -2.18. The maximum Gasteiger partial charge on any atom is 0.331 e. The summed E-state index contributed by atoms with van der Waals surface area (Å²) in [5.74, 6) is 1.81. The van der Waals surface area contributed by atoms with Crippen molar-refractivity contribution < 1.29 is 47.5 Å². The zero-order valence-electron chi connectivity index (χ0n) is 27.1. The molecule has 0 spiro atoms. The SMILES string of the molecule is COc1cc([C@@H](COC(=O)/C=C/c2cc(C)c(OC)c(OC)c2)OC(=O)/C=C/c2cc(OC)c(OC)c(OC)c2)cc(C)c1C. The van der Waals surface area contributed by atoms with Gasteiger partial charge in [-0.1, -0.05) is 6.07 Å². The van der Waals surface area contributed by atoms with Crippen LogP contribution in [-0.2, 0) is 19.1 Å². The molecule has 10 heteroatoms. The number of rotatable bonds is 14. The van der Waals surface area contributed by atoms with Crippen molar-refractivity contribution in [1.29, 1.82) is 0 Å². The summed E-state index contributed by atoms with van der Waals surface area (Å²) in [6, 6.07) is 10.6. The standard InChI is InChI=1S/C35H40O10/c1-21-15-26(19-27(38-4)23(21)3)31(20-44-32(36)12-10-24-14-22(2)34(42-8)28(16-24)39-5)45-33(37)13-11-25-17-29(40-6)35(43-9)30(18-25)41-7/h10-19,31H,20H2,1-9H3/b12-10+,13-11+/t31-/m1/s1. The van der Waals surface area contributed by atoms with E-state index in [1.807, 2.05) is 32.9 Å². The highest BCUT2D eigenvalue weighted by Crippen LogP contribution is 2.38. The number of carbonyl (C=O) groups excluding carboxylic acids is 2. The van der Waals surface area contributed by atoms with Gasteiger partial charge in [-0.25, -0.2) is 9.59 Å². The number of benzene rings is 3. The van der Waals surface area contributed by atoms with E-state index in [0.29, 0.717) is 45.6 Å². The van der Waals surface area contributed by atoms with Crippen molar-refractivity contribution in [3.8, 4) is 34.5 Å². The Morgan fingerprint density at radius 1 is 0.600 bits per heavy atom. The van der Waals surface area contributed by atoms with Crippen molar-refractivity contribution >= 4 is 24.1 Å². The van der Waals surface area contributed by atoms with E-state index in [-0.39, 0.29) is 6.61 Å². The maximum absolute atomic E-state index is 13.0. The highest BCUT2D eigenvalue weighted by atomic mass is 16.6. The van der Waals surface area contributed by atoms with Crippen LogP contribution in [0.1, 0.15) is 39.5 Å². The van der Waals surface area contributed by atoms with Crippen LogP contribution in [0, 0.1) is 20.8 Å². The highest BCUT2D eigenvalue weighted by molar-refractivity contribution is 5.88. The Balaban J connectivity index is 1.83. The van der Waals surface area contributed by atoms with Crippen molar-refractivity contribution in [2.45, 2.75) is 26.9 Å². The number of hydrogen-bond acceptors (Lipinski definition) is 10. The molecule has 0 fully saturated rings. The molecule has 45 heavy (non-hydrogen) atoms. The molecule has 0 aliphatic rings. The molecule has 0 N–H and O–H groups in total. The number of hydrogen-bond donors (Lipinski definition) is 0. The first-order valence-electron chi connectivity index (χ1n) is 14.0. The third-order valence-electron chi connectivity index (χ3n) is 7.07. The molecule has 0 radical (unpaired) electrons. The Morgan fingerprint density at radius 3 is 1.64 bits per heavy atom. The van der Waals surface area contributed by atoms with Gasteiger partial charge in [-0.15, -0.1) is 0 Å². The summed E-state index contributed by atoms with van der Waals surface area (Å²) in [4.78, 5) is 25.8. The molecule has 0 bridgehead atoms. The molecule has 0 aromatic heterocycles. The molecule has 3 aromatic rings. The molecule has 3 rings (SSSR count).